The molecule has 0 saturated heterocycles. The van der Waals surface area contributed by atoms with Crippen molar-refractivity contribution in [3.63, 3.8) is 0 Å². The highest BCUT2D eigenvalue weighted by molar-refractivity contribution is 9.10. The van der Waals surface area contributed by atoms with Gasteiger partial charge in [-0.25, -0.2) is 0 Å². The molecule has 1 atom stereocenters. The summed E-state index contributed by atoms with van der Waals surface area (Å²) in [7, 11) is 0. The third kappa shape index (κ3) is 5.82. The number of carbonyl (C=O) groups excluding carboxylic acids is 2. The molecule has 0 heterocycles. The summed E-state index contributed by atoms with van der Waals surface area (Å²) in [6, 6.07) is 12.8. The maximum absolute atomic E-state index is 12.3. The second-order valence-corrected chi connectivity index (χ2v) is 7.10. The highest BCUT2D eigenvalue weighted by Crippen LogP contribution is 2.30. The summed E-state index contributed by atoms with van der Waals surface area (Å²) >= 11 is 3.50. The fraction of sp³-hybridized carbons (Fsp3) is 0.333. The van der Waals surface area contributed by atoms with E-state index in [1.165, 1.54) is 5.56 Å². The van der Waals surface area contributed by atoms with E-state index in [2.05, 4.69) is 40.4 Å². The van der Waals surface area contributed by atoms with E-state index < -0.39 is 0 Å². The minimum Gasteiger partial charge on any atom is -0.483 e. The van der Waals surface area contributed by atoms with Crippen molar-refractivity contribution in [2.24, 2.45) is 0 Å². The van der Waals surface area contributed by atoms with Crippen molar-refractivity contribution < 1.29 is 14.3 Å². The Morgan fingerprint density at radius 1 is 1.15 bits per heavy atom. The zero-order chi connectivity index (χ0) is 19.8. The highest BCUT2D eigenvalue weighted by atomic mass is 79.9. The molecule has 2 aromatic rings. The van der Waals surface area contributed by atoms with Crippen molar-refractivity contribution in [2.45, 2.75) is 33.1 Å². The van der Waals surface area contributed by atoms with Crippen LogP contribution in [-0.4, -0.2) is 25.0 Å². The average molecular weight is 433 g/mol. The smallest absolute Gasteiger partial charge is 0.262 e. The van der Waals surface area contributed by atoms with Crippen molar-refractivity contribution in [3.8, 4) is 5.75 Å². The van der Waals surface area contributed by atoms with Crippen molar-refractivity contribution in [2.75, 3.05) is 18.5 Å². The van der Waals surface area contributed by atoms with Gasteiger partial charge in [0, 0.05) is 6.54 Å². The molecule has 0 aliphatic rings. The van der Waals surface area contributed by atoms with Gasteiger partial charge >= 0.3 is 0 Å². The number of amides is 2. The molecule has 5 nitrogen and oxygen atoms in total. The Morgan fingerprint density at radius 3 is 2.56 bits per heavy atom. The van der Waals surface area contributed by atoms with Crippen LogP contribution in [0.4, 0.5) is 5.69 Å². The van der Waals surface area contributed by atoms with E-state index in [4.69, 9.17) is 4.74 Å². The molecule has 0 fully saturated rings. The largest absolute Gasteiger partial charge is 0.483 e. The van der Waals surface area contributed by atoms with E-state index in [0.717, 1.165) is 10.9 Å². The number of anilines is 1. The number of rotatable bonds is 8. The minimum atomic E-state index is -0.329. The first kappa shape index (κ1) is 21.0. The third-order valence-electron chi connectivity index (χ3n) is 4.28. The van der Waals surface area contributed by atoms with Gasteiger partial charge in [0.05, 0.1) is 15.7 Å². The summed E-state index contributed by atoms with van der Waals surface area (Å²) < 4.78 is 6.44. The maximum Gasteiger partial charge on any atom is 0.262 e. The van der Waals surface area contributed by atoms with Crippen LogP contribution < -0.4 is 15.4 Å². The molecular formula is C21H25BrN2O3. The second kappa shape index (κ2) is 10.1. The van der Waals surface area contributed by atoms with Crippen LogP contribution in [0.25, 0.3) is 0 Å². The monoisotopic (exact) mass is 432 g/mol. The fourth-order valence-electron chi connectivity index (χ4n) is 2.55. The topological polar surface area (TPSA) is 67.4 Å². The van der Waals surface area contributed by atoms with Gasteiger partial charge in [-0.3, -0.25) is 9.59 Å². The van der Waals surface area contributed by atoms with Crippen molar-refractivity contribution >= 4 is 33.4 Å². The van der Waals surface area contributed by atoms with Crippen LogP contribution in [0.1, 0.15) is 49.0 Å². The quantitative estimate of drug-likeness (QED) is 0.633. The Kier molecular flexibility index (Phi) is 7.85. The van der Waals surface area contributed by atoms with Gasteiger partial charge in [0.25, 0.3) is 11.8 Å². The zero-order valence-electron chi connectivity index (χ0n) is 15.8. The van der Waals surface area contributed by atoms with Crippen molar-refractivity contribution in [3.05, 3.63) is 58.1 Å². The number of benzene rings is 2. The van der Waals surface area contributed by atoms with Gasteiger partial charge in [-0.15, -0.1) is 0 Å². The van der Waals surface area contributed by atoms with E-state index >= 15 is 0 Å². The molecule has 0 aliphatic heterocycles. The first-order chi connectivity index (χ1) is 13.0. The van der Waals surface area contributed by atoms with Crippen LogP contribution >= 0.6 is 15.9 Å². The lowest BCUT2D eigenvalue weighted by Crippen LogP contribution is -2.26. The number of halogens is 1. The SMILES string of the molecule is CCNC(=O)c1ccccc1NC(=O)COc1ccc(C(C)CC)cc1Br. The fourth-order valence-corrected chi connectivity index (χ4v) is 3.06. The first-order valence-corrected chi connectivity index (χ1v) is 9.84. The Hall–Kier alpha value is -2.34. The van der Waals surface area contributed by atoms with Gasteiger partial charge in [-0.1, -0.05) is 32.0 Å². The zero-order valence-corrected chi connectivity index (χ0v) is 17.4. The van der Waals surface area contributed by atoms with E-state index in [0.29, 0.717) is 29.5 Å². The summed E-state index contributed by atoms with van der Waals surface area (Å²) in [5.41, 5.74) is 2.10. The minimum absolute atomic E-state index is 0.148. The molecule has 1 unspecified atom stereocenters. The molecule has 0 aliphatic carbocycles. The van der Waals surface area contributed by atoms with Crippen LogP contribution in [0.5, 0.6) is 5.75 Å². The van der Waals surface area contributed by atoms with E-state index in [1.807, 2.05) is 25.1 Å². The molecule has 144 valence electrons. The lowest BCUT2D eigenvalue weighted by atomic mass is 9.99. The molecule has 27 heavy (non-hydrogen) atoms. The van der Waals surface area contributed by atoms with Gasteiger partial charge in [-0.2, -0.15) is 0 Å². The first-order valence-electron chi connectivity index (χ1n) is 9.05. The molecule has 2 amide bonds. The summed E-state index contributed by atoms with van der Waals surface area (Å²) in [5, 5.41) is 5.47. The average Bonchev–Trinajstić information content (AvgIpc) is 2.67. The van der Waals surface area contributed by atoms with Crippen molar-refractivity contribution in [1.29, 1.82) is 0 Å². The number of nitrogens with one attached hydrogen (secondary N) is 2. The molecule has 0 radical (unpaired) electrons. The highest BCUT2D eigenvalue weighted by Gasteiger charge is 2.13. The predicted octanol–water partition coefficient (Wildman–Crippen LogP) is 4.73. The van der Waals surface area contributed by atoms with Gasteiger partial charge in [0.15, 0.2) is 6.61 Å². The lowest BCUT2D eigenvalue weighted by Gasteiger charge is -2.14. The van der Waals surface area contributed by atoms with Crippen LogP contribution in [0.2, 0.25) is 0 Å². The molecule has 2 aromatic carbocycles. The molecule has 0 bridgehead atoms. The molecule has 0 aromatic heterocycles. The van der Waals surface area contributed by atoms with Gasteiger partial charge < -0.3 is 15.4 Å². The summed E-state index contributed by atoms with van der Waals surface area (Å²) in [4.78, 5) is 24.4. The summed E-state index contributed by atoms with van der Waals surface area (Å²) in [6.45, 7) is 6.53. The Labute approximate surface area is 168 Å². The van der Waals surface area contributed by atoms with Crippen molar-refractivity contribution in [1.82, 2.24) is 5.32 Å². The van der Waals surface area contributed by atoms with Crippen LogP contribution in [0, 0.1) is 0 Å². The number of para-hydroxylation sites is 1. The Balaban J connectivity index is 2.00. The van der Waals surface area contributed by atoms with Gasteiger partial charge in [0.2, 0.25) is 0 Å². The Bertz CT molecular complexity index is 808. The Morgan fingerprint density at radius 2 is 1.89 bits per heavy atom. The number of carbonyl (C=O) groups is 2. The molecule has 0 spiro atoms. The lowest BCUT2D eigenvalue weighted by molar-refractivity contribution is -0.118. The third-order valence-corrected chi connectivity index (χ3v) is 4.90. The molecule has 0 saturated carbocycles. The van der Waals surface area contributed by atoms with Gasteiger partial charge in [-0.05, 0) is 65.0 Å². The molecule has 6 heteroatoms. The standard InChI is InChI=1S/C21H25BrN2O3/c1-4-14(3)15-10-11-19(17(22)12-15)27-13-20(25)24-18-9-7-6-8-16(18)21(26)23-5-2/h6-12,14H,4-5,13H2,1-3H3,(H,23,26)(H,24,25). The second-order valence-electron chi connectivity index (χ2n) is 6.24. The maximum atomic E-state index is 12.3. The van der Waals surface area contributed by atoms with E-state index in [1.54, 1.807) is 24.3 Å². The van der Waals surface area contributed by atoms with E-state index in [-0.39, 0.29) is 18.4 Å². The normalized spacial score (nSPS) is 11.6. The van der Waals surface area contributed by atoms with Crippen LogP contribution in [0.3, 0.4) is 0 Å². The summed E-state index contributed by atoms with van der Waals surface area (Å²) in [6.07, 6.45) is 1.06. The number of ether oxygens (including phenoxy) is 1. The van der Waals surface area contributed by atoms with Crippen LogP contribution in [0.15, 0.2) is 46.9 Å². The molecule has 2 rings (SSSR count). The van der Waals surface area contributed by atoms with Gasteiger partial charge in [0.1, 0.15) is 5.75 Å². The van der Waals surface area contributed by atoms with Crippen LogP contribution in [-0.2, 0) is 4.79 Å². The van der Waals surface area contributed by atoms with E-state index in [9.17, 15) is 9.59 Å². The number of hydrogen-bond acceptors (Lipinski definition) is 3. The molecule has 2 N–H and O–H groups in total. The summed E-state index contributed by atoms with van der Waals surface area (Å²) in [5.74, 6) is 0.515. The number of hydrogen-bond donors (Lipinski definition) is 2. The molecular weight excluding hydrogens is 408 g/mol. The predicted molar refractivity (Wildman–Crippen MR) is 111 cm³/mol.